The van der Waals surface area contributed by atoms with Crippen LogP contribution in [0.2, 0.25) is 0 Å². The molecule has 0 aliphatic carbocycles. The third kappa shape index (κ3) is 5.14. The Morgan fingerprint density at radius 1 is 0.390 bits per heavy atom. The largest absolute Gasteiger partial charge is 0.456 e. The Bertz CT molecular complexity index is 3540. The first-order chi connectivity index (χ1) is 28.6. The fourth-order valence-electron chi connectivity index (χ4n) is 9.44. The number of rotatable bonds is 4. The van der Waals surface area contributed by atoms with Gasteiger partial charge < -0.3 is 8.83 Å². The van der Waals surface area contributed by atoms with E-state index >= 15 is 0 Å². The summed E-state index contributed by atoms with van der Waals surface area (Å²) in [6, 6.07) is 37.4. The van der Waals surface area contributed by atoms with Gasteiger partial charge in [-0.3, -0.25) is 4.57 Å². The zero-order valence-electron chi connectivity index (χ0n) is 34.5. The Morgan fingerprint density at radius 2 is 0.966 bits per heavy atom. The van der Waals surface area contributed by atoms with Crippen LogP contribution < -0.4 is 43.7 Å². The Kier molecular flexibility index (Phi) is 7.84. The van der Waals surface area contributed by atoms with Crippen molar-refractivity contribution in [3.05, 3.63) is 109 Å². The second-order valence-electron chi connectivity index (χ2n) is 16.2. The summed E-state index contributed by atoms with van der Waals surface area (Å²) >= 11 is 0. The molecule has 0 fully saturated rings. The quantitative estimate of drug-likeness (QED) is 0.192. The fourth-order valence-corrected chi connectivity index (χ4v) is 9.44. The van der Waals surface area contributed by atoms with Gasteiger partial charge in [0.1, 0.15) is 85.1 Å². The lowest BCUT2D eigenvalue weighted by Crippen LogP contribution is -2.49. The molecule has 0 unspecified atom stereocenters. The highest BCUT2D eigenvalue weighted by molar-refractivity contribution is 6.71. The van der Waals surface area contributed by atoms with E-state index in [0.717, 1.165) is 77.2 Å². The van der Waals surface area contributed by atoms with Gasteiger partial charge >= 0.3 is 0 Å². The van der Waals surface area contributed by atoms with Crippen LogP contribution in [0.1, 0.15) is 0 Å². The van der Waals surface area contributed by atoms with Crippen molar-refractivity contribution < 1.29 is 8.83 Å². The minimum atomic E-state index is 0.602. The van der Waals surface area contributed by atoms with Gasteiger partial charge in [-0.05, 0) is 52.7 Å². The summed E-state index contributed by atoms with van der Waals surface area (Å²) in [4.78, 5) is 15.9. The average Bonchev–Trinajstić information content (AvgIpc) is 3.96. The molecule has 11 rings (SSSR count). The molecular formula is C45H34B8N4O2. The van der Waals surface area contributed by atoms with Crippen LogP contribution in [-0.4, -0.2) is 82.3 Å². The van der Waals surface area contributed by atoms with Gasteiger partial charge in [-0.2, -0.15) is 9.97 Å². The number of aromatic nitrogens is 4. The van der Waals surface area contributed by atoms with Gasteiger partial charge in [0.2, 0.25) is 5.95 Å². The van der Waals surface area contributed by atoms with E-state index in [-0.39, 0.29) is 0 Å². The molecule has 0 aliphatic rings. The van der Waals surface area contributed by atoms with Crippen molar-refractivity contribution >= 4 is 172 Å². The average molecular weight is 749 g/mol. The lowest BCUT2D eigenvalue weighted by Gasteiger charge is -2.16. The molecule has 59 heavy (non-hydrogen) atoms. The van der Waals surface area contributed by atoms with Gasteiger partial charge in [0, 0.05) is 49.3 Å². The number of hydrogen-bond donors (Lipinski definition) is 0. The summed E-state index contributed by atoms with van der Waals surface area (Å²) in [5, 5.41) is 6.79. The van der Waals surface area contributed by atoms with Gasteiger partial charge in [-0.15, -0.1) is 10.9 Å². The summed E-state index contributed by atoms with van der Waals surface area (Å²) in [6.45, 7) is 0. The molecule has 0 atom stereocenters. The molecule has 6 nitrogen and oxygen atoms in total. The van der Waals surface area contributed by atoms with E-state index in [4.69, 9.17) is 23.8 Å². The first-order valence-electron chi connectivity index (χ1n) is 20.3. The van der Waals surface area contributed by atoms with Gasteiger partial charge in [0.25, 0.3) is 0 Å². The predicted octanol–water partition coefficient (Wildman–Crippen LogP) is -2.16. The van der Waals surface area contributed by atoms with E-state index in [1.165, 1.54) is 54.5 Å². The Balaban J connectivity index is 1.14. The predicted molar refractivity (Wildman–Crippen MR) is 270 cm³/mol. The maximum Gasteiger partial charge on any atom is 0.238 e. The highest BCUT2D eigenvalue weighted by Gasteiger charge is 2.25. The SMILES string of the molecule is Bc1c(B)c(B)c2c(c1B)c1c(B)c(B)c(B)c(B)c1n2-c1nc(-c2ccccc2)nc(-c2ccc3oc4cc(-c5cccc6c5oc5ccccc56)ccc4c3c2)n1. The van der Waals surface area contributed by atoms with Crippen LogP contribution in [0.5, 0.6) is 0 Å². The maximum atomic E-state index is 6.55. The summed E-state index contributed by atoms with van der Waals surface area (Å²) in [7, 11) is 18.0. The van der Waals surface area contributed by atoms with Crippen molar-refractivity contribution in [2.24, 2.45) is 0 Å². The van der Waals surface area contributed by atoms with E-state index < -0.39 is 0 Å². The Hall–Kier alpha value is -6.53. The summed E-state index contributed by atoms with van der Waals surface area (Å²) < 4.78 is 15.3. The topological polar surface area (TPSA) is 69.9 Å². The molecule has 0 amide bonds. The molecule has 0 radical (unpaired) electrons. The molecule has 0 spiro atoms. The number of hydrogen-bond acceptors (Lipinski definition) is 5. The monoisotopic (exact) mass is 750 g/mol. The zero-order valence-corrected chi connectivity index (χ0v) is 34.5. The summed E-state index contributed by atoms with van der Waals surface area (Å²) in [6.07, 6.45) is 0. The first-order valence-corrected chi connectivity index (χ1v) is 20.3. The van der Waals surface area contributed by atoms with Crippen molar-refractivity contribution in [3.63, 3.8) is 0 Å². The van der Waals surface area contributed by atoms with Crippen LogP contribution in [-0.2, 0) is 0 Å². The van der Waals surface area contributed by atoms with E-state index in [0.29, 0.717) is 17.6 Å². The normalized spacial score (nSPS) is 11.9. The second kappa shape index (κ2) is 13.0. The van der Waals surface area contributed by atoms with Crippen molar-refractivity contribution in [1.29, 1.82) is 0 Å². The fraction of sp³-hybridized carbons (Fsp3) is 0. The molecule has 0 saturated heterocycles. The molecule has 270 valence electrons. The van der Waals surface area contributed by atoms with Crippen LogP contribution in [0.15, 0.2) is 118 Å². The van der Waals surface area contributed by atoms with Gasteiger partial charge in [-0.1, -0.05) is 106 Å². The molecule has 0 saturated carbocycles. The smallest absolute Gasteiger partial charge is 0.238 e. The molecule has 0 bridgehead atoms. The van der Waals surface area contributed by atoms with E-state index in [2.05, 4.69) is 140 Å². The summed E-state index contributed by atoms with van der Waals surface area (Å²) in [5.41, 5.74) is 19.8. The third-order valence-corrected chi connectivity index (χ3v) is 13.3. The number of benzene rings is 7. The number of nitrogens with zero attached hydrogens (tertiary/aromatic N) is 4. The van der Waals surface area contributed by atoms with Crippen molar-refractivity contribution in [3.8, 4) is 39.9 Å². The van der Waals surface area contributed by atoms with Crippen LogP contribution in [0.25, 0.3) is 106 Å². The van der Waals surface area contributed by atoms with E-state index in [1.54, 1.807) is 0 Å². The third-order valence-electron chi connectivity index (χ3n) is 13.3. The highest BCUT2D eigenvalue weighted by atomic mass is 16.3. The zero-order chi connectivity index (χ0) is 40.4. The van der Waals surface area contributed by atoms with Gasteiger partial charge in [0.05, 0.1) is 0 Å². The van der Waals surface area contributed by atoms with E-state index in [1.807, 2.05) is 36.4 Å². The molecule has 14 heteroatoms. The first kappa shape index (κ1) is 35.6. The minimum Gasteiger partial charge on any atom is -0.456 e. The molecule has 4 aromatic heterocycles. The van der Waals surface area contributed by atoms with Crippen LogP contribution >= 0.6 is 0 Å². The molecule has 7 aromatic carbocycles. The van der Waals surface area contributed by atoms with E-state index in [9.17, 15) is 0 Å². The maximum absolute atomic E-state index is 6.55. The van der Waals surface area contributed by atoms with Crippen molar-refractivity contribution in [1.82, 2.24) is 19.5 Å². The van der Waals surface area contributed by atoms with Gasteiger partial charge in [0.15, 0.2) is 11.6 Å². The molecule has 11 aromatic rings. The number of fused-ring (bicyclic) bond motifs is 9. The van der Waals surface area contributed by atoms with Crippen molar-refractivity contribution in [2.75, 3.05) is 0 Å². The minimum absolute atomic E-state index is 0.602. The molecule has 4 heterocycles. The molecule has 0 aliphatic heterocycles. The van der Waals surface area contributed by atoms with Crippen LogP contribution in [0.4, 0.5) is 0 Å². The second-order valence-corrected chi connectivity index (χ2v) is 16.2. The molecular weight excluding hydrogens is 715 g/mol. The highest BCUT2D eigenvalue weighted by Crippen LogP contribution is 2.39. The summed E-state index contributed by atoms with van der Waals surface area (Å²) in [5.74, 6) is 1.83. The van der Waals surface area contributed by atoms with Crippen LogP contribution in [0.3, 0.4) is 0 Å². The van der Waals surface area contributed by atoms with Crippen molar-refractivity contribution in [2.45, 2.75) is 0 Å². The Labute approximate surface area is 348 Å². The molecule has 0 N–H and O–H groups in total. The van der Waals surface area contributed by atoms with Gasteiger partial charge in [-0.25, -0.2) is 4.98 Å². The Morgan fingerprint density at radius 3 is 1.68 bits per heavy atom. The van der Waals surface area contributed by atoms with Crippen LogP contribution in [0, 0.1) is 0 Å². The number of para-hydroxylation sites is 2. The lowest BCUT2D eigenvalue weighted by molar-refractivity contribution is 0.668. The standard InChI is InChI=1S/C45H34B8N4O2/c46-32-30-31-33(47)35(49)37(51)39(53)41(31)57(40(30)38(52)36(50)34(32)48)45-55-43(19-7-2-1-3-8-19)54-44(56-45)21-14-16-28-26(17-21)24-15-13-20(18-29(24)58-28)22-10-6-11-25-23-9-4-5-12-27(23)59-42(22)25/h1-18H,46-53H2. The lowest BCUT2D eigenvalue weighted by atomic mass is 9.63. The number of furan rings is 2.